The molecule has 1 atom stereocenters. The lowest BCUT2D eigenvalue weighted by Gasteiger charge is -2.15. The molecule has 0 bridgehead atoms. The average Bonchev–Trinajstić information content (AvgIpc) is 2.63. The van der Waals surface area contributed by atoms with E-state index in [1.807, 2.05) is 55.5 Å². The number of aryl methyl sites for hydroxylation is 1. The smallest absolute Gasteiger partial charge is 0.255 e. The number of nitrogens with zero attached hydrogens (tertiary/aromatic N) is 2. The van der Waals surface area contributed by atoms with Gasteiger partial charge in [-0.25, -0.2) is 0 Å². The van der Waals surface area contributed by atoms with Crippen molar-refractivity contribution in [1.82, 2.24) is 9.88 Å². The van der Waals surface area contributed by atoms with Gasteiger partial charge >= 0.3 is 0 Å². The number of fused-ring (bicyclic) bond motifs is 1. The summed E-state index contributed by atoms with van der Waals surface area (Å²) in [7, 11) is 1.80. The molecule has 0 amide bonds. The fourth-order valence-corrected chi connectivity index (χ4v) is 2.87. The quantitative estimate of drug-likeness (QED) is 0.803. The van der Waals surface area contributed by atoms with Crippen molar-refractivity contribution in [2.75, 3.05) is 0 Å². The van der Waals surface area contributed by atoms with Crippen LogP contribution in [0.1, 0.15) is 29.7 Å². The molecule has 2 aromatic carbocycles. The Balaban J connectivity index is 1.84. The molecule has 120 valence electrons. The molecule has 1 aromatic heterocycles. The third-order valence-electron chi connectivity index (χ3n) is 4.32. The van der Waals surface area contributed by atoms with Crippen LogP contribution in [0.5, 0.6) is 0 Å². The predicted octanol–water partition coefficient (Wildman–Crippen LogP) is 3.26. The van der Waals surface area contributed by atoms with Gasteiger partial charge in [-0.2, -0.15) is 5.26 Å². The zero-order valence-corrected chi connectivity index (χ0v) is 13.8. The van der Waals surface area contributed by atoms with Crippen molar-refractivity contribution in [2.24, 2.45) is 7.05 Å². The Bertz CT molecular complexity index is 982. The van der Waals surface area contributed by atoms with E-state index in [0.717, 1.165) is 22.0 Å². The van der Waals surface area contributed by atoms with E-state index in [4.69, 9.17) is 5.26 Å². The number of para-hydroxylation sites is 1. The molecule has 1 unspecified atom stereocenters. The highest BCUT2D eigenvalue weighted by atomic mass is 16.1. The summed E-state index contributed by atoms with van der Waals surface area (Å²) in [5.74, 6) is 0. The number of aromatic nitrogens is 1. The molecule has 0 radical (unpaired) electrons. The Kier molecular flexibility index (Phi) is 4.45. The van der Waals surface area contributed by atoms with Crippen LogP contribution in [-0.4, -0.2) is 4.57 Å². The minimum absolute atomic E-state index is 0.0131. The minimum Gasteiger partial charge on any atom is -0.311 e. The molecule has 1 heterocycles. The van der Waals surface area contributed by atoms with E-state index >= 15 is 0 Å². The highest BCUT2D eigenvalue weighted by molar-refractivity contribution is 5.79. The molecule has 4 heteroatoms. The summed E-state index contributed by atoms with van der Waals surface area (Å²) in [6, 6.07) is 19.5. The van der Waals surface area contributed by atoms with Crippen molar-refractivity contribution in [3.05, 3.63) is 81.6 Å². The van der Waals surface area contributed by atoms with Crippen LogP contribution in [0.2, 0.25) is 0 Å². The Morgan fingerprint density at radius 1 is 1.17 bits per heavy atom. The maximum absolute atomic E-state index is 12.5. The van der Waals surface area contributed by atoms with Gasteiger partial charge in [0.25, 0.3) is 5.56 Å². The Morgan fingerprint density at radius 3 is 2.75 bits per heavy atom. The van der Waals surface area contributed by atoms with Crippen LogP contribution in [-0.2, 0) is 13.6 Å². The fraction of sp³-hybridized carbons (Fsp3) is 0.200. The highest BCUT2D eigenvalue weighted by Crippen LogP contribution is 2.16. The number of rotatable bonds is 4. The summed E-state index contributed by atoms with van der Waals surface area (Å²) < 4.78 is 1.69. The predicted molar refractivity (Wildman–Crippen MR) is 95.6 cm³/mol. The first-order valence-electron chi connectivity index (χ1n) is 7.91. The van der Waals surface area contributed by atoms with Crippen LogP contribution >= 0.6 is 0 Å². The molecule has 0 saturated carbocycles. The lowest BCUT2D eigenvalue weighted by molar-refractivity contribution is 0.570. The number of nitriles is 1. The summed E-state index contributed by atoms with van der Waals surface area (Å²) in [6.07, 6.45) is 0. The second kappa shape index (κ2) is 6.69. The molecule has 3 aromatic rings. The van der Waals surface area contributed by atoms with E-state index < -0.39 is 0 Å². The van der Waals surface area contributed by atoms with Crippen LogP contribution in [0.3, 0.4) is 0 Å². The van der Waals surface area contributed by atoms with Crippen molar-refractivity contribution < 1.29 is 0 Å². The Morgan fingerprint density at radius 2 is 1.96 bits per heavy atom. The van der Waals surface area contributed by atoms with Gasteiger partial charge in [0.1, 0.15) is 0 Å². The van der Waals surface area contributed by atoms with Gasteiger partial charge in [0, 0.05) is 25.2 Å². The van der Waals surface area contributed by atoms with Crippen LogP contribution in [0.25, 0.3) is 10.9 Å². The van der Waals surface area contributed by atoms with Gasteiger partial charge in [-0.15, -0.1) is 0 Å². The fourth-order valence-electron chi connectivity index (χ4n) is 2.87. The van der Waals surface area contributed by atoms with Crippen LogP contribution in [0.15, 0.2) is 59.4 Å². The number of pyridine rings is 1. The third-order valence-corrected chi connectivity index (χ3v) is 4.32. The second-order valence-corrected chi connectivity index (χ2v) is 5.93. The van der Waals surface area contributed by atoms with Gasteiger partial charge in [0.2, 0.25) is 0 Å². The first kappa shape index (κ1) is 16.0. The van der Waals surface area contributed by atoms with Crippen molar-refractivity contribution >= 4 is 10.9 Å². The molecule has 0 aliphatic rings. The van der Waals surface area contributed by atoms with E-state index in [1.54, 1.807) is 17.7 Å². The molecule has 0 aliphatic carbocycles. The number of hydrogen-bond acceptors (Lipinski definition) is 3. The van der Waals surface area contributed by atoms with E-state index in [0.29, 0.717) is 12.1 Å². The Hall–Kier alpha value is -2.90. The molecule has 0 spiro atoms. The summed E-state index contributed by atoms with van der Waals surface area (Å²) in [6.45, 7) is 2.51. The monoisotopic (exact) mass is 317 g/mol. The summed E-state index contributed by atoms with van der Waals surface area (Å²) >= 11 is 0. The van der Waals surface area contributed by atoms with Gasteiger partial charge in [0.05, 0.1) is 17.1 Å². The lowest BCUT2D eigenvalue weighted by Crippen LogP contribution is -2.27. The van der Waals surface area contributed by atoms with Gasteiger partial charge < -0.3 is 9.88 Å². The van der Waals surface area contributed by atoms with E-state index in [-0.39, 0.29) is 11.6 Å². The van der Waals surface area contributed by atoms with E-state index in [9.17, 15) is 4.79 Å². The highest BCUT2D eigenvalue weighted by Gasteiger charge is 2.10. The molecule has 0 saturated heterocycles. The number of hydrogen-bond donors (Lipinski definition) is 1. The Labute approximate surface area is 141 Å². The van der Waals surface area contributed by atoms with Crippen molar-refractivity contribution in [2.45, 2.75) is 19.5 Å². The second-order valence-electron chi connectivity index (χ2n) is 5.93. The molecule has 0 aliphatic heterocycles. The van der Waals surface area contributed by atoms with Gasteiger partial charge in [-0.05, 0) is 42.1 Å². The SMILES string of the molecule is CC(NCc1cc2ccccc2n(C)c1=O)c1cccc(C#N)c1. The molecule has 24 heavy (non-hydrogen) atoms. The van der Waals surface area contributed by atoms with Crippen molar-refractivity contribution in [1.29, 1.82) is 5.26 Å². The largest absolute Gasteiger partial charge is 0.311 e. The zero-order valence-electron chi connectivity index (χ0n) is 13.8. The van der Waals surface area contributed by atoms with Gasteiger partial charge in [-0.1, -0.05) is 30.3 Å². The van der Waals surface area contributed by atoms with Gasteiger partial charge in [0.15, 0.2) is 0 Å². The molecule has 4 nitrogen and oxygen atoms in total. The topological polar surface area (TPSA) is 57.8 Å². The average molecular weight is 317 g/mol. The molecule has 1 N–H and O–H groups in total. The minimum atomic E-state index is 0.0131. The molecule has 3 rings (SSSR count). The first-order chi connectivity index (χ1) is 11.6. The first-order valence-corrected chi connectivity index (χ1v) is 7.91. The third kappa shape index (κ3) is 3.08. The summed E-state index contributed by atoms with van der Waals surface area (Å²) in [4.78, 5) is 12.5. The van der Waals surface area contributed by atoms with E-state index in [1.165, 1.54) is 0 Å². The van der Waals surface area contributed by atoms with Gasteiger partial charge in [-0.3, -0.25) is 4.79 Å². The standard InChI is InChI=1S/C20H19N3O/c1-14(16-8-5-6-15(10-16)12-21)22-13-18-11-17-7-3-4-9-19(17)23(2)20(18)24/h3-11,14,22H,13H2,1-2H3. The maximum Gasteiger partial charge on any atom is 0.255 e. The van der Waals surface area contributed by atoms with Crippen molar-refractivity contribution in [3.63, 3.8) is 0 Å². The number of nitrogens with one attached hydrogen (secondary N) is 1. The molecule has 0 fully saturated rings. The van der Waals surface area contributed by atoms with E-state index in [2.05, 4.69) is 11.4 Å². The normalized spacial score (nSPS) is 12.0. The van der Waals surface area contributed by atoms with Crippen LogP contribution in [0, 0.1) is 11.3 Å². The summed E-state index contributed by atoms with van der Waals surface area (Å²) in [5.41, 5.74) is 3.36. The van der Waals surface area contributed by atoms with Crippen molar-refractivity contribution in [3.8, 4) is 6.07 Å². The number of benzene rings is 2. The zero-order chi connectivity index (χ0) is 17.1. The lowest BCUT2D eigenvalue weighted by atomic mass is 10.1. The molecular formula is C20H19N3O. The molecular weight excluding hydrogens is 298 g/mol. The summed E-state index contributed by atoms with van der Waals surface area (Å²) in [5, 5.41) is 13.4. The maximum atomic E-state index is 12.5. The van der Waals surface area contributed by atoms with Crippen LogP contribution < -0.4 is 10.9 Å². The van der Waals surface area contributed by atoms with Crippen LogP contribution in [0.4, 0.5) is 0 Å².